The fourth-order valence-corrected chi connectivity index (χ4v) is 1.49. The van der Waals surface area contributed by atoms with Crippen LogP contribution in [0.1, 0.15) is 19.4 Å². The molecule has 0 fully saturated rings. The SMILES string of the molecule is CCNC(=O)C(C)NC(=O)NCc1ccnc(OC)c1. The molecule has 0 bridgehead atoms. The monoisotopic (exact) mass is 280 g/mol. The predicted octanol–water partition coefficient (Wildman–Crippen LogP) is 0.414. The number of methoxy groups -OCH3 is 1. The van der Waals surface area contributed by atoms with Crippen molar-refractivity contribution in [2.75, 3.05) is 13.7 Å². The molecule has 0 saturated carbocycles. The van der Waals surface area contributed by atoms with Crippen LogP contribution in [-0.4, -0.2) is 36.6 Å². The number of aromatic nitrogens is 1. The van der Waals surface area contributed by atoms with Crippen molar-refractivity contribution in [3.63, 3.8) is 0 Å². The molecule has 0 aliphatic carbocycles. The van der Waals surface area contributed by atoms with Crippen LogP contribution in [0.2, 0.25) is 0 Å². The molecule has 20 heavy (non-hydrogen) atoms. The van der Waals surface area contributed by atoms with Crippen molar-refractivity contribution in [1.29, 1.82) is 0 Å². The first-order valence-electron chi connectivity index (χ1n) is 6.37. The van der Waals surface area contributed by atoms with Crippen molar-refractivity contribution in [3.05, 3.63) is 23.9 Å². The minimum atomic E-state index is -0.582. The Morgan fingerprint density at radius 1 is 1.40 bits per heavy atom. The third-order valence-electron chi connectivity index (χ3n) is 2.55. The molecule has 1 aromatic heterocycles. The average molecular weight is 280 g/mol. The summed E-state index contributed by atoms with van der Waals surface area (Å²) in [5, 5.41) is 7.85. The maximum absolute atomic E-state index is 11.6. The Labute approximate surface area is 118 Å². The van der Waals surface area contributed by atoms with E-state index in [4.69, 9.17) is 4.74 Å². The van der Waals surface area contributed by atoms with E-state index in [1.807, 2.05) is 6.92 Å². The van der Waals surface area contributed by atoms with Gasteiger partial charge in [0.05, 0.1) is 7.11 Å². The molecule has 7 nitrogen and oxygen atoms in total. The molecular weight excluding hydrogens is 260 g/mol. The van der Waals surface area contributed by atoms with Crippen molar-refractivity contribution < 1.29 is 14.3 Å². The third kappa shape index (κ3) is 5.13. The molecule has 3 N–H and O–H groups in total. The number of nitrogens with one attached hydrogen (secondary N) is 3. The van der Waals surface area contributed by atoms with E-state index in [1.54, 1.807) is 25.3 Å². The predicted molar refractivity (Wildman–Crippen MR) is 74.3 cm³/mol. The zero-order valence-corrected chi connectivity index (χ0v) is 11.9. The second kappa shape index (κ2) is 7.98. The molecule has 0 saturated heterocycles. The Balaban J connectivity index is 2.41. The molecule has 1 aromatic rings. The first-order chi connectivity index (χ1) is 9.56. The number of rotatable bonds is 6. The smallest absolute Gasteiger partial charge is 0.315 e. The number of hydrogen-bond acceptors (Lipinski definition) is 4. The number of hydrogen-bond donors (Lipinski definition) is 3. The van der Waals surface area contributed by atoms with Crippen LogP contribution in [0.5, 0.6) is 5.88 Å². The molecule has 7 heteroatoms. The van der Waals surface area contributed by atoms with Gasteiger partial charge >= 0.3 is 6.03 Å². The molecular formula is C13H20N4O3. The number of urea groups is 1. The van der Waals surface area contributed by atoms with Crippen LogP contribution in [-0.2, 0) is 11.3 Å². The lowest BCUT2D eigenvalue weighted by Gasteiger charge is -2.14. The van der Waals surface area contributed by atoms with Crippen LogP contribution in [0.15, 0.2) is 18.3 Å². The van der Waals surface area contributed by atoms with E-state index >= 15 is 0 Å². The molecule has 1 atom stereocenters. The maximum Gasteiger partial charge on any atom is 0.315 e. The summed E-state index contributed by atoms with van der Waals surface area (Å²) in [6, 6.07) is 2.52. The van der Waals surface area contributed by atoms with E-state index in [1.165, 1.54) is 7.11 Å². The number of pyridine rings is 1. The Bertz CT molecular complexity index is 465. The molecule has 3 amide bonds. The van der Waals surface area contributed by atoms with Gasteiger partial charge in [-0.1, -0.05) is 0 Å². The van der Waals surface area contributed by atoms with Gasteiger partial charge < -0.3 is 20.7 Å². The summed E-state index contributed by atoms with van der Waals surface area (Å²) in [6.45, 7) is 4.30. The molecule has 0 radical (unpaired) electrons. The van der Waals surface area contributed by atoms with Crippen molar-refractivity contribution in [2.24, 2.45) is 0 Å². The quantitative estimate of drug-likeness (QED) is 0.704. The second-order valence-electron chi connectivity index (χ2n) is 4.15. The molecule has 0 aromatic carbocycles. The highest BCUT2D eigenvalue weighted by molar-refractivity contribution is 5.86. The minimum Gasteiger partial charge on any atom is -0.481 e. The highest BCUT2D eigenvalue weighted by atomic mass is 16.5. The van der Waals surface area contributed by atoms with Gasteiger partial charge in [0.1, 0.15) is 6.04 Å². The van der Waals surface area contributed by atoms with Crippen molar-refractivity contribution in [3.8, 4) is 5.88 Å². The summed E-state index contributed by atoms with van der Waals surface area (Å²) in [4.78, 5) is 27.1. The number of likely N-dealkylation sites (N-methyl/N-ethyl adjacent to an activating group) is 1. The lowest BCUT2D eigenvalue weighted by Crippen LogP contribution is -2.48. The molecule has 1 unspecified atom stereocenters. The Morgan fingerprint density at radius 2 is 2.15 bits per heavy atom. The van der Waals surface area contributed by atoms with Crippen molar-refractivity contribution in [2.45, 2.75) is 26.4 Å². The lowest BCUT2D eigenvalue weighted by molar-refractivity contribution is -0.122. The first kappa shape index (κ1) is 15.7. The van der Waals surface area contributed by atoms with Crippen LogP contribution in [0.25, 0.3) is 0 Å². The fourth-order valence-electron chi connectivity index (χ4n) is 1.49. The van der Waals surface area contributed by atoms with E-state index < -0.39 is 12.1 Å². The maximum atomic E-state index is 11.6. The average Bonchev–Trinajstić information content (AvgIpc) is 2.45. The van der Waals surface area contributed by atoms with Gasteiger partial charge in [0, 0.05) is 25.4 Å². The second-order valence-corrected chi connectivity index (χ2v) is 4.15. The van der Waals surface area contributed by atoms with Gasteiger partial charge in [0.15, 0.2) is 0 Å². The summed E-state index contributed by atoms with van der Waals surface area (Å²) in [7, 11) is 1.53. The molecule has 0 aliphatic heterocycles. The Morgan fingerprint density at radius 3 is 2.80 bits per heavy atom. The highest BCUT2D eigenvalue weighted by Gasteiger charge is 2.14. The van der Waals surface area contributed by atoms with Gasteiger partial charge in [-0.15, -0.1) is 0 Å². The molecule has 0 aliphatic rings. The number of nitrogens with zero attached hydrogens (tertiary/aromatic N) is 1. The molecule has 1 rings (SSSR count). The van der Waals surface area contributed by atoms with Crippen LogP contribution in [0, 0.1) is 0 Å². The minimum absolute atomic E-state index is 0.215. The number of carbonyl (C=O) groups excluding carboxylic acids is 2. The number of carbonyl (C=O) groups is 2. The van der Waals surface area contributed by atoms with Crippen LogP contribution >= 0.6 is 0 Å². The zero-order chi connectivity index (χ0) is 15.0. The van der Waals surface area contributed by atoms with E-state index in [0.717, 1.165) is 5.56 Å². The lowest BCUT2D eigenvalue weighted by atomic mass is 10.2. The Kier molecular flexibility index (Phi) is 6.28. The van der Waals surface area contributed by atoms with Gasteiger partial charge in [-0.05, 0) is 25.5 Å². The molecule has 110 valence electrons. The van der Waals surface area contributed by atoms with Gasteiger partial charge in [-0.25, -0.2) is 9.78 Å². The van der Waals surface area contributed by atoms with Gasteiger partial charge in [-0.3, -0.25) is 4.79 Å². The summed E-state index contributed by atoms with van der Waals surface area (Å²) in [5.74, 6) is 0.272. The van der Waals surface area contributed by atoms with Crippen LogP contribution < -0.4 is 20.7 Å². The normalized spacial score (nSPS) is 11.3. The summed E-state index contributed by atoms with van der Waals surface area (Å²) in [5.41, 5.74) is 0.859. The van der Waals surface area contributed by atoms with E-state index in [2.05, 4.69) is 20.9 Å². The molecule has 0 spiro atoms. The Hall–Kier alpha value is -2.31. The van der Waals surface area contributed by atoms with E-state index in [9.17, 15) is 9.59 Å². The fraction of sp³-hybridized carbons (Fsp3) is 0.462. The van der Waals surface area contributed by atoms with Gasteiger partial charge in [0.25, 0.3) is 0 Å². The summed E-state index contributed by atoms with van der Waals surface area (Å²) < 4.78 is 4.99. The third-order valence-corrected chi connectivity index (χ3v) is 2.55. The standard InChI is InChI=1S/C13H20N4O3/c1-4-14-12(18)9(2)17-13(19)16-8-10-5-6-15-11(7-10)20-3/h5-7,9H,4,8H2,1-3H3,(H,14,18)(H2,16,17,19). The summed E-state index contributed by atoms with van der Waals surface area (Å²) in [6.07, 6.45) is 1.60. The van der Waals surface area contributed by atoms with Crippen LogP contribution in [0.4, 0.5) is 4.79 Å². The molecule has 1 heterocycles. The topological polar surface area (TPSA) is 92.4 Å². The van der Waals surface area contributed by atoms with Gasteiger partial charge in [0.2, 0.25) is 11.8 Å². The number of amides is 3. The van der Waals surface area contributed by atoms with E-state index in [-0.39, 0.29) is 5.91 Å². The first-order valence-corrected chi connectivity index (χ1v) is 6.37. The van der Waals surface area contributed by atoms with Gasteiger partial charge in [-0.2, -0.15) is 0 Å². The van der Waals surface area contributed by atoms with Crippen LogP contribution in [0.3, 0.4) is 0 Å². The number of ether oxygens (including phenoxy) is 1. The largest absolute Gasteiger partial charge is 0.481 e. The summed E-state index contributed by atoms with van der Waals surface area (Å²) >= 11 is 0. The highest BCUT2D eigenvalue weighted by Crippen LogP contribution is 2.07. The van der Waals surface area contributed by atoms with E-state index in [0.29, 0.717) is 19.0 Å². The van der Waals surface area contributed by atoms with Crippen molar-refractivity contribution in [1.82, 2.24) is 20.9 Å². The van der Waals surface area contributed by atoms with Crippen molar-refractivity contribution >= 4 is 11.9 Å². The zero-order valence-electron chi connectivity index (χ0n) is 11.9.